The molecule has 0 fully saturated rings. The van der Waals surface area contributed by atoms with E-state index < -0.39 is 6.10 Å². The van der Waals surface area contributed by atoms with Gasteiger partial charge in [-0.2, -0.15) is 0 Å². The molecule has 0 aliphatic heterocycles. The Bertz CT molecular complexity index is 631. The second-order valence-electron chi connectivity index (χ2n) is 7.71. The number of hydrogen-bond acceptors (Lipinski definition) is 3. The Morgan fingerprint density at radius 1 is 0.806 bits per heavy atom. The Balaban J connectivity index is 1.95. The van der Waals surface area contributed by atoms with E-state index in [0.717, 1.165) is 32.1 Å². The van der Waals surface area contributed by atoms with Gasteiger partial charge >= 0.3 is 5.97 Å². The van der Waals surface area contributed by atoms with Crippen molar-refractivity contribution in [1.82, 2.24) is 0 Å². The van der Waals surface area contributed by atoms with E-state index >= 15 is 0 Å². The van der Waals surface area contributed by atoms with Crippen LogP contribution in [0.4, 0.5) is 0 Å². The lowest BCUT2D eigenvalue weighted by Gasteiger charge is -2.15. The highest BCUT2D eigenvalue weighted by Crippen LogP contribution is 2.13. The number of allylic oxidation sites excluding steroid dienone is 6. The Morgan fingerprint density at radius 3 is 2.10 bits per heavy atom. The fraction of sp³-hybridized carbons (Fsp3) is 0.536. The number of esters is 1. The normalized spacial score (nSPS) is 12.8. The number of benzene rings is 1. The molecule has 0 saturated heterocycles. The fourth-order valence-corrected chi connectivity index (χ4v) is 3.15. The SMILES string of the molecule is CC/C=C\C/C=C\C/C=C\CCCCCCCCOC(CC)C(=O)Oc1ccccc1. The number of hydrogen-bond donors (Lipinski definition) is 0. The first-order chi connectivity index (χ1) is 15.3. The maximum absolute atomic E-state index is 12.2. The molecule has 0 bridgehead atoms. The Hall–Kier alpha value is -2.13. The Kier molecular flexibility index (Phi) is 17.2. The molecule has 1 atom stereocenters. The van der Waals surface area contributed by atoms with E-state index in [-0.39, 0.29) is 5.97 Å². The Morgan fingerprint density at radius 2 is 1.42 bits per heavy atom. The lowest BCUT2D eigenvalue weighted by molar-refractivity contribution is -0.147. The third-order valence-corrected chi connectivity index (χ3v) is 4.96. The molecule has 3 nitrogen and oxygen atoms in total. The van der Waals surface area contributed by atoms with Crippen molar-refractivity contribution in [2.75, 3.05) is 6.61 Å². The summed E-state index contributed by atoms with van der Waals surface area (Å²) in [5.41, 5.74) is 0. The highest BCUT2D eigenvalue weighted by Gasteiger charge is 2.19. The molecule has 0 aliphatic rings. The van der Waals surface area contributed by atoms with Crippen LogP contribution >= 0.6 is 0 Å². The highest BCUT2D eigenvalue weighted by atomic mass is 16.6. The van der Waals surface area contributed by atoms with Gasteiger partial charge in [0.15, 0.2) is 6.10 Å². The maximum atomic E-state index is 12.2. The van der Waals surface area contributed by atoms with E-state index in [4.69, 9.17) is 9.47 Å². The maximum Gasteiger partial charge on any atom is 0.340 e. The molecule has 0 saturated carbocycles. The van der Waals surface area contributed by atoms with Gasteiger partial charge < -0.3 is 9.47 Å². The first-order valence-electron chi connectivity index (χ1n) is 12.1. The summed E-state index contributed by atoms with van der Waals surface area (Å²) in [5, 5.41) is 0. The van der Waals surface area contributed by atoms with Crippen molar-refractivity contribution in [3.8, 4) is 5.75 Å². The third kappa shape index (κ3) is 15.3. The topological polar surface area (TPSA) is 35.5 Å². The number of carbonyl (C=O) groups excluding carboxylic acids is 1. The van der Waals surface area contributed by atoms with Crippen molar-refractivity contribution in [2.45, 2.75) is 90.6 Å². The summed E-state index contributed by atoms with van der Waals surface area (Å²) in [6.07, 6.45) is 25.2. The predicted octanol–water partition coefficient (Wildman–Crippen LogP) is 7.98. The lowest BCUT2D eigenvalue weighted by Crippen LogP contribution is -2.28. The molecule has 0 spiro atoms. The molecule has 0 amide bonds. The van der Waals surface area contributed by atoms with Gasteiger partial charge in [-0.15, -0.1) is 0 Å². The minimum Gasteiger partial charge on any atom is -0.425 e. The zero-order valence-corrected chi connectivity index (χ0v) is 19.6. The van der Waals surface area contributed by atoms with Crippen LogP contribution in [0.5, 0.6) is 5.75 Å². The first-order valence-corrected chi connectivity index (χ1v) is 12.1. The van der Waals surface area contributed by atoms with Crippen molar-refractivity contribution in [3.05, 3.63) is 66.8 Å². The second-order valence-corrected chi connectivity index (χ2v) is 7.71. The molecule has 0 radical (unpaired) electrons. The summed E-state index contributed by atoms with van der Waals surface area (Å²) < 4.78 is 11.1. The fourth-order valence-electron chi connectivity index (χ4n) is 3.15. The monoisotopic (exact) mass is 426 g/mol. The molecule has 1 rings (SSSR count). The minimum atomic E-state index is -0.477. The molecular weight excluding hydrogens is 384 g/mol. The minimum absolute atomic E-state index is 0.300. The van der Waals surface area contributed by atoms with Gasteiger partial charge in [-0.3, -0.25) is 0 Å². The zero-order chi connectivity index (χ0) is 22.4. The molecule has 0 N–H and O–H groups in total. The number of carbonyl (C=O) groups is 1. The first kappa shape index (κ1) is 26.9. The number of unbranched alkanes of at least 4 members (excludes halogenated alkanes) is 6. The molecule has 0 aromatic heterocycles. The van der Waals surface area contributed by atoms with Crippen LogP contribution in [0.2, 0.25) is 0 Å². The van der Waals surface area contributed by atoms with Crippen molar-refractivity contribution >= 4 is 5.97 Å². The molecule has 1 aromatic rings. The van der Waals surface area contributed by atoms with E-state index in [0.29, 0.717) is 18.8 Å². The summed E-state index contributed by atoms with van der Waals surface area (Å²) in [6, 6.07) is 9.17. The van der Waals surface area contributed by atoms with E-state index in [9.17, 15) is 4.79 Å². The van der Waals surface area contributed by atoms with Crippen LogP contribution in [0.25, 0.3) is 0 Å². The van der Waals surface area contributed by atoms with Gasteiger partial charge in [-0.1, -0.05) is 94.2 Å². The van der Waals surface area contributed by atoms with Gasteiger partial charge in [-0.05, 0) is 57.1 Å². The van der Waals surface area contributed by atoms with E-state index in [1.54, 1.807) is 12.1 Å². The molecule has 31 heavy (non-hydrogen) atoms. The summed E-state index contributed by atoms with van der Waals surface area (Å²) in [6.45, 7) is 4.73. The van der Waals surface area contributed by atoms with Gasteiger partial charge in [0.05, 0.1) is 0 Å². The molecule has 0 aliphatic carbocycles. The van der Waals surface area contributed by atoms with Crippen molar-refractivity contribution < 1.29 is 14.3 Å². The van der Waals surface area contributed by atoms with E-state index in [1.165, 1.54) is 32.1 Å². The molecule has 3 heteroatoms. The summed E-state index contributed by atoms with van der Waals surface area (Å²) in [5.74, 6) is 0.270. The number of para-hydroxylation sites is 1. The van der Waals surface area contributed by atoms with Crippen LogP contribution in [0.3, 0.4) is 0 Å². The van der Waals surface area contributed by atoms with Crippen molar-refractivity contribution in [1.29, 1.82) is 0 Å². The van der Waals surface area contributed by atoms with Crippen molar-refractivity contribution in [2.24, 2.45) is 0 Å². The van der Waals surface area contributed by atoms with E-state index in [2.05, 4.69) is 43.4 Å². The van der Waals surface area contributed by atoms with Crippen LogP contribution < -0.4 is 4.74 Å². The number of ether oxygens (including phenoxy) is 2. The summed E-state index contributed by atoms with van der Waals surface area (Å²) in [7, 11) is 0. The lowest BCUT2D eigenvalue weighted by atomic mass is 10.1. The van der Waals surface area contributed by atoms with Crippen LogP contribution in [0.15, 0.2) is 66.8 Å². The van der Waals surface area contributed by atoms with E-state index in [1.807, 2.05) is 25.1 Å². The average molecular weight is 427 g/mol. The molecule has 1 aromatic carbocycles. The van der Waals surface area contributed by atoms with Crippen molar-refractivity contribution in [3.63, 3.8) is 0 Å². The summed E-state index contributed by atoms with van der Waals surface area (Å²) in [4.78, 5) is 12.2. The van der Waals surface area contributed by atoms with Crippen LogP contribution in [-0.4, -0.2) is 18.7 Å². The molecule has 1 unspecified atom stereocenters. The quantitative estimate of drug-likeness (QED) is 0.103. The Labute approximate surface area is 190 Å². The number of rotatable bonds is 18. The predicted molar refractivity (Wildman–Crippen MR) is 131 cm³/mol. The van der Waals surface area contributed by atoms with Gasteiger partial charge in [0.1, 0.15) is 5.75 Å². The molecular formula is C28H42O3. The van der Waals surface area contributed by atoms with Gasteiger partial charge in [-0.25, -0.2) is 4.79 Å². The van der Waals surface area contributed by atoms with Gasteiger partial charge in [0.2, 0.25) is 0 Å². The summed E-state index contributed by atoms with van der Waals surface area (Å²) >= 11 is 0. The average Bonchev–Trinajstić information content (AvgIpc) is 2.79. The zero-order valence-electron chi connectivity index (χ0n) is 19.6. The van der Waals surface area contributed by atoms with Crippen LogP contribution in [-0.2, 0) is 9.53 Å². The molecule has 0 heterocycles. The third-order valence-electron chi connectivity index (χ3n) is 4.96. The van der Waals surface area contributed by atoms with Gasteiger partial charge in [0.25, 0.3) is 0 Å². The highest BCUT2D eigenvalue weighted by molar-refractivity contribution is 5.77. The smallest absolute Gasteiger partial charge is 0.340 e. The van der Waals surface area contributed by atoms with Crippen LogP contribution in [0, 0.1) is 0 Å². The van der Waals surface area contributed by atoms with Gasteiger partial charge in [0, 0.05) is 6.61 Å². The molecule has 172 valence electrons. The second kappa shape index (κ2) is 19.8. The van der Waals surface area contributed by atoms with Crippen LogP contribution in [0.1, 0.15) is 84.5 Å². The largest absolute Gasteiger partial charge is 0.425 e. The standard InChI is InChI=1S/C28H42O3/c1-3-5-6-7-8-9-10-11-12-13-14-15-16-17-18-22-25-30-27(4-2)28(29)31-26-23-20-19-21-24-26/h5-6,8-9,11-12,19-21,23-24,27H,3-4,7,10,13-18,22,25H2,1-2H3/b6-5-,9-8-,12-11-.